The summed E-state index contributed by atoms with van der Waals surface area (Å²) < 4.78 is 38.0. The van der Waals surface area contributed by atoms with Gasteiger partial charge in [-0.2, -0.15) is 11.8 Å². The van der Waals surface area contributed by atoms with Gasteiger partial charge in [0.1, 0.15) is 11.6 Å². The quantitative estimate of drug-likeness (QED) is 0.776. The Morgan fingerprint density at radius 1 is 1.07 bits per heavy atom. The molecule has 0 N–H and O–H groups in total. The molecule has 1 aliphatic heterocycles. The van der Waals surface area contributed by atoms with Crippen molar-refractivity contribution in [2.24, 2.45) is 0 Å². The minimum atomic E-state index is -0.450. The van der Waals surface area contributed by atoms with Crippen LogP contribution >= 0.6 is 11.8 Å². The molecule has 1 unspecified atom stereocenters. The molecule has 3 rings (SSSR count). The maximum atomic E-state index is 14.1. The van der Waals surface area contributed by atoms with Crippen LogP contribution in [0, 0.1) is 11.6 Å². The lowest BCUT2D eigenvalue weighted by Gasteiger charge is -2.21. The number of amides is 1. The monoisotopic (exact) mass is 393 g/mol. The first-order valence-corrected chi connectivity index (χ1v) is 9.66. The molecular formula is C20H21F2NO3S. The number of carbonyl (C=O) groups excluding carboxylic acids is 1. The lowest BCUT2D eigenvalue weighted by Crippen LogP contribution is -2.33. The highest BCUT2D eigenvalue weighted by molar-refractivity contribution is 7.99. The predicted octanol–water partition coefficient (Wildman–Crippen LogP) is 4.30. The summed E-state index contributed by atoms with van der Waals surface area (Å²) in [4.78, 5) is 14.6. The summed E-state index contributed by atoms with van der Waals surface area (Å²) in [6, 6.07) is 8.58. The Balaban J connectivity index is 1.74. The minimum absolute atomic E-state index is 0.114. The van der Waals surface area contributed by atoms with Gasteiger partial charge in [-0.1, -0.05) is 0 Å². The number of ether oxygens (including phenoxy) is 2. The van der Waals surface area contributed by atoms with Crippen LogP contribution in [0.4, 0.5) is 8.78 Å². The SMILES string of the molecule is COc1ccc(C(=O)N2CCSC(c3cc(F)ccc3F)CC2)cc1OC. The van der Waals surface area contributed by atoms with Gasteiger partial charge in [-0.3, -0.25) is 4.79 Å². The molecule has 0 aliphatic carbocycles. The van der Waals surface area contributed by atoms with Crippen LogP contribution in [0.15, 0.2) is 36.4 Å². The van der Waals surface area contributed by atoms with Crippen LogP contribution in [0.2, 0.25) is 0 Å². The first-order valence-electron chi connectivity index (χ1n) is 8.61. The van der Waals surface area contributed by atoms with Crippen molar-refractivity contribution in [2.75, 3.05) is 33.1 Å². The molecule has 1 saturated heterocycles. The van der Waals surface area contributed by atoms with Gasteiger partial charge >= 0.3 is 0 Å². The minimum Gasteiger partial charge on any atom is -0.493 e. The van der Waals surface area contributed by atoms with E-state index in [2.05, 4.69) is 0 Å². The van der Waals surface area contributed by atoms with Crippen molar-refractivity contribution in [1.82, 2.24) is 4.90 Å². The van der Waals surface area contributed by atoms with Crippen LogP contribution in [-0.4, -0.2) is 43.9 Å². The molecule has 7 heteroatoms. The molecule has 1 aliphatic rings. The molecule has 1 amide bonds. The molecule has 0 saturated carbocycles. The number of carbonyl (C=O) groups is 1. The van der Waals surface area contributed by atoms with Gasteiger partial charge in [0, 0.05) is 35.2 Å². The van der Waals surface area contributed by atoms with Crippen molar-refractivity contribution in [3.63, 3.8) is 0 Å². The highest BCUT2D eigenvalue weighted by atomic mass is 32.2. The van der Waals surface area contributed by atoms with E-state index in [4.69, 9.17) is 9.47 Å². The second-order valence-corrected chi connectivity index (χ2v) is 7.49. The zero-order valence-electron chi connectivity index (χ0n) is 15.2. The second kappa shape index (κ2) is 8.61. The molecule has 1 fully saturated rings. The fraction of sp³-hybridized carbons (Fsp3) is 0.350. The van der Waals surface area contributed by atoms with E-state index in [-0.39, 0.29) is 11.2 Å². The Bertz CT molecular complexity index is 831. The molecule has 2 aromatic rings. The second-order valence-electron chi connectivity index (χ2n) is 6.18. The van der Waals surface area contributed by atoms with Crippen molar-refractivity contribution < 1.29 is 23.0 Å². The molecule has 2 aromatic carbocycles. The number of benzene rings is 2. The molecule has 1 atom stereocenters. The van der Waals surface area contributed by atoms with Crippen LogP contribution in [0.5, 0.6) is 11.5 Å². The van der Waals surface area contributed by atoms with E-state index in [1.165, 1.54) is 20.3 Å². The molecule has 4 nitrogen and oxygen atoms in total. The van der Waals surface area contributed by atoms with Crippen LogP contribution in [0.1, 0.15) is 27.6 Å². The zero-order valence-corrected chi connectivity index (χ0v) is 16.0. The summed E-state index contributed by atoms with van der Waals surface area (Å²) in [5, 5.41) is -0.177. The van der Waals surface area contributed by atoms with E-state index < -0.39 is 11.6 Å². The third kappa shape index (κ3) is 4.35. The highest BCUT2D eigenvalue weighted by Crippen LogP contribution is 2.36. The maximum absolute atomic E-state index is 14.1. The fourth-order valence-electron chi connectivity index (χ4n) is 3.13. The van der Waals surface area contributed by atoms with Gasteiger partial charge in [0.15, 0.2) is 11.5 Å². The molecule has 0 bridgehead atoms. The molecule has 144 valence electrons. The highest BCUT2D eigenvalue weighted by Gasteiger charge is 2.25. The summed E-state index contributed by atoms with van der Waals surface area (Å²) in [6.45, 7) is 1.02. The van der Waals surface area contributed by atoms with Gasteiger partial charge in [0.2, 0.25) is 0 Å². The molecule has 0 radical (unpaired) electrons. The maximum Gasteiger partial charge on any atom is 0.254 e. The van der Waals surface area contributed by atoms with Gasteiger partial charge in [0.25, 0.3) is 5.91 Å². The predicted molar refractivity (Wildman–Crippen MR) is 102 cm³/mol. The molecule has 0 spiro atoms. The number of methoxy groups -OCH3 is 2. The first-order chi connectivity index (χ1) is 13.0. The van der Waals surface area contributed by atoms with Crippen molar-refractivity contribution >= 4 is 17.7 Å². The third-order valence-electron chi connectivity index (χ3n) is 4.56. The van der Waals surface area contributed by atoms with Gasteiger partial charge in [-0.25, -0.2) is 8.78 Å². The van der Waals surface area contributed by atoms with Crippen molar-refractivity contribution in [3.05, 3.63) is 59.2 Å². The Labute approximate surface area is 161 Å². The van der Waals surface area contributed by atoms with Crippen molar-refractivity contribution in [3.8, 4) is 11.5 Å². The number of hydrogen-bond donors (Lipinski definition) is 0. The standard InChI is InChI=1S/C20H21F2NO3S/c1-25-17-6-3-13(11-18(17)26-2)20(24)23-8-7-19(27-10-9-23)15-12-14(21)4-5-16(15)22/h3-6,11-12,19H,7-10H2,1-2H3. The Kier molecular flexibility index (Phi) is 6.21. The molecule has 1 heterocycles. The van der Waals surface area contributed by atoms with Crippen LogP contribution in [-0.2, 0) is 0 Å². The van der Waals surface area contributed by atoms with E-state index in [1.807, 2.05) is 0 Å². The smallest absolute Gasteiger partial charge is 0.254 e. The van der Waals surface area contributed by atoms with Gasteiger partial charge in [0.05, 0.1) is 14.2 Å². The van der Waals surface area contributed by atoms with Gasteiger partial charge in [-0.15, -0.1) is 0 Å². The van der Waals surface area contributed by atoms with Crippen molar-refractivity contribution in [2.45, 2.75) is 11.7 Å². The first kappa shape index (κ1) is 19.5. The lowest BCUT2D eigenvalue weighted by atomic mass is 10.1. The van der Waals surface area contributed by atoms with E-state index in [0.29, 0.717) is 47.9 Å². The van der Waals surface area contributed by atoms with E-state index in [1.54, 1.807) is 34.9 Å². The van der Waals surface area contributed by atoms with E-state index in [0.717, 1.165) is 12.1 Å². The number of rotatable bonds is 4. The number of thioether (sulfide) groups is 1. The average Bonchev–Trinajstić information content (AvgIpc) is 2.94. The van der Waals surface area contributed by atoms with E-state index in [9.17, 15) is 13.6 Å². The summed E-state index contributed by atoms with van der Waals surface area (Å²) >= 11 is 1.54. The third-order valence-corrected chi connectivity index (χ3v) is 5.87. The largest absolute Gasteiger partial charge is 0.493 e. The van der Waals surface area contributed by atoms with Gasteiger partial charge in [-0.05, 0) is 42.8 Å². The molecule has 27 heavy (non-hydrogen) atoms. The summed E-state index contributed by atoms with van der Waals surface area (Å²) in [7, 11) is 3.06. The average molecular weight is 393 g/mol. The molecular weight excluding hydrogens is 372 g/mol. The fourth-order valence-corrected chi connectivity index (χ4v) is 4.38. The summed E-state index contributed by atoms with van der Waals surface area (Å²) in [5.74, 6) is 0.731. The number of hydrogen-bond acceptors (Lipinski definition) is 4. The zero-order chi connectivity index (χ0) is 19.4. The molecule has 0 aromatic heterocycles. The van der Waals surface area contributed by atoms with Crippen LogP contribution in [0.3, 0.4) is 0 Å². The van der Waals surface area contributed by atoms with Crippen LogP contribution in [0.25, 0.3) is 0 Å². The van der Waals surface area contributed by atoms with Crippen LogP contribution < -0.4 is 9.47 Å². The Hall–Kier alpha value is -2.28. The summed E-state index contributed by atoms with van der Waals surface area (Å²) in [5.41, 5.74) is 0.869. The number of nitrogens with zero attached hydrogens (tertiary/aromatic N) is 1. The number of halogens is 2. The topological polar surface area (TPSA) is 38.8 Å². The Morgan fingerprint density at radius 2 is 1.85 bits per heavy atom. The van der Waals surface area contributed by atoms with Gasteiger partial charge < -0.3 is 14.4 Å². The Morgan fingerprint density at radius 3 is 2.59 bits per heavy atom. The van der Waals surface area contributed by atoms with Crippen molar-refractivity contribution in [1.29, 1.82) is 0 Å². The summed E-state index contributed by atoms with van der Waals surface area (Å²) in [6.07, 6.45) is 0.560. The normalized spacial score (nSPS) is 17.3. The van der Waals surface area contributed by atoms with E-state index >= 15 is 0 Å². The lowest BCUT2D eigenvalue weighted by molar-refractivity contribution is 0.0766.